The Kier molecular flexibility index (Phi) is 4.36. The third-order valence-electron chi connectivity index (χ3n) is 3.81. The van der Waals surface area contributed by atoms with Gasteiger partial charge in [0.2, 0.25) is 0 Å². The maximum atomic E-state index is 12.7. The predicted octanol–water partition coefficient (Wildman–Crippen LogP) is 2.52. The van der Waals surface area contributed by atoms with E-state index in [1.807, 2.05) is 30.3 Å². The molecule has 0 radical (unpaired) electrons. The quantitative estimate of drug-likeness (QED) is 0.307. The third-order valence-corrected chi connectivity index (χ3v) is 3.81. The summed E-state index contributed by atoms with van der Waals surface area (Å²) in [5.74, 6) is -0.0152. The van der Waals surface area contributed by atoms with E-state index in [2.05, 4.69) is 10.1 Å². The zero-order valence-electron chi connectivity index (χ0n) is 14.1. The van der Waals surface area contributed by atoms with Crippen LogP contribution in [0.5, 0.6) is 0 Å². The van der Waals surface area contributed by atoms with Gasteiger partial charge in [0.1, 0.15) is 11.9 Å². The molecule has 8 nitrogen and oxygen atoms in total. The maximum absolute atomic E-state index is 12.7. The van der Waals surface area contributed by atoms with Crippen LogP contribution in [-0.4, -0.2) is 20.7 Å². The molecule has 1 aromatic carbocycles. The summed E-state index contributed by atoms with van der Waals surface area (Å²) in [6.45, 7) is -0.251. The summed E-state index contributed by atoms with van der Waals surface area (Å²) >= 11 is 0. The van der Waals surface area contributed by atoms with Crippen LogP contribution >= 0.6 is 0 Å². The summed E-state index contributed by atoms with van der Waals surface area (Å²) in [6, 6.07) is 15.8. The number of hydrogen-bond donors (Lipinski definition) is 0. The van der Waals surface area contributed by atoms with Crippen molar-refractivity contribution < 1.29 is 18.7 Å². The average Bonchev–Trinajstić information content (AvgIpc) is 3.37. The first-order chi connectivity index (χ1) is 13.2. The molecule has 0 spiro atoms. The molecule has 134 valence electrons. The molecular weight excluding hydrogens is 348 g/mol. The van der Waals surface area contributed by atoms with Crippen molar-refractivity contribution in [1.29, 1.82) is 0 Å². The van der Waals surface area contributed by atoms with Gasteiger partial charge in [-0.2, -0.15) is 5.10 Å². The summed E-state index contributed by atoms with van der Waals surface area (Å²) in [5, 5.41) is 16.1. The van der Waals surface area contributed by atoms with Crippen molar-refractivity contribution in [2.45, 2.75) is 6.61 Å². The van der Waals surface area contributed by atoms with Crippen molar-refractivity contribution in [1.82, 2.24) is 14.8 Å². The average molecular weight is 362 g/mol. The third kappa shape index (κ3) is 3.40. The van der Waals surface area contributed by atoms with Crippen molar-refractivity contribution in [2.75, 3.05) is 0 Å². The molecule has 0 atom stereocenters. The largest absolute Gasteiger partial charge is 0.711 e. The first-order valence-electron chi connectivity index (χ1n) is 8.12. The molecule has 0 saturated carbocycles. The van der Waals surface area contributed by atoms with Gasteiger partial charge in [0.25, 0.3) is 0 Å². The lowest BCUT2D eigenvalue weighted by Crippen LogP contribution is -2.33. The summed E-state index contributed by atoms with van der Waals surface area (Å²) in [5.41, 5.74) is 1.40. The summed E-state index contributed by atoms with van der Waals surface area (Å²) in [6.07, 6.45) is 4.28. The standard InChI is InChI=1S/C19H14N4O4/c24-19(27-13-18-20-9-5-10-22(18)25)16-12-15(17-8-4-11-26-17)21-23(16)14-6-2-1-3-7-14/h1-12H,13H2. The Morgan fingerprint density at radius 2 is 2.04 bits per heavy atom. The number of benzene rings is 1. The van der Waals surface area contributed by atoms with E-state index in [0.717, 1.165) is 0 Å². The van der Waals surface area contributed by atoms with Gasteiger partial charge in [-0.25, -0.2) is 14.2 Å². The lowest BCUT2D eigenvalue weighted by molar-refractivity contribution is -0.620. The summed E-state index contributed by atoms with van der Waals surface area (Å²) in [4.78, 5) is 16.6. The minimum Gasteiger partial charge on any atom is -0.711 e. The van der Waals surface area contributed by atoms with Crippen LogP contribution < -0.4 is 4.73 Å². The van der Waals surface area contributed by atoms with Crippen LogP contribution in [0, 0.1) is 5.21 Å². The fourth-order valence-corrected chi connectivity index (χ4v) is 2.53. The molecule has 0 unspecified atom stereocenters. The number of para-hydroxylation sites is 1. The molecule has 4 rings (SSSR count). The molecule has 3 aromatic heterocycles. The van der Waals surface area contributed by atoms with Gasteiger partial charge in [0.05, 0.1) is 18.1 Å². The number of nitrogens with zero attached hydrogens (tertiary/aromatic N) is 4. The monoisotopic (exact) mass is 362 g/mol. The van der Waals surface area contributed by atoms with Crippen molar-refractivity contribution in [3.05, 3.63) is 90.0 Å². The van der Waals surface area contributed by atoms with E-state index in [-0.39, 0.29) is 18.1 Å². The molecule has 0 fully saturated rings. The number of ether oxygens (including phenoxy) is 1. The highest BCUT2D eigenvalue weighted by atomic mass is 16.5. The van der Waals surface area contributed by atoms with E-state index < -0.39 is 5.97 Å². The van der Waals surface area contributed by atoms with E-state index in [1.165, 1.54) is 29.4 Å². The molecule has 0 aliphatic heterocycles. The van der Waals surface area contributed by atoms with Crippen LogP contribution in [0.3, 0.4) is 0 Å². The van der Waals surface area contributed by atoms with E-state index in [0.29, 0.717) is 21.9 Å². The molecule has 0 saturated heterocycles. The van der Waals surface area contributed by atoms with E-state index in [1.54, 1.807) is 18.2 Å². The Morgan fingerprint density at radius 3 is 2.78 bits per heavy atom. The minimum atomic E-state index is -0.630. The molecule has 0 amide bonds. The van der Waals surface area contributed by atoms with Crippen LogP contribution in [-0.2, 0) is 11.3 Å². The Balaban J connectivity index is 1.66. The molecular formula is C19H14N4O4. The molecule has 27 heavy (non-hydrogen) atoms. The number of rotatable bonds is 5. The van der Waals surface area contributed by atoms with Gasteiger partial charge in [0, 0.05) is 12.1 Å². The lowest BCUT2D eigenvalue weighted by atomic mass is 10.3. The van der Waals surface area contributed by atoms with Crippen molar-refractivity contribution in [3.63, 3.8) is 0 Å². The lowest BCUT2D eigenvalue weighted by Gasteiger charge is -2.08. The highest BCUT2D eigenvalue weighted by Gasteiger charge is 2.21. The SMILES string of the molecule is O=C(OCc1nccc[n+]1[O-])c1cc(-c2ccco2)nn1-c1ccccc1. The number of carbonyl (C=O) groups excluding carboxylic acids is 1. The van der Waals surface area contributed by atoms with Gasteiger partial charge in [-0.3, -0.25) is 0 Å². The zero-order valence-corrected chi connectivity index (χ0v) is 14.1. The second kappa shape index (κ2) is 7.12. The van der Waals surface area contributed by atoms with Gasteiger partial charge < -0.3 is 14.4 Å². The zero-order chi connectivity index (χ0) is 18.6. The van der Waals surface area contributed by atoms with Crippen molar-refractivity contribution in [3.8, 4) is 17.1 Å². The van der Waals surface area contributed by atoms with Crippen LogP contribution in [0.2, 0.25) is 0 Å². The smallest absolute Gasteiger partial charge is 0.357 e. The summed E-state index contributed by atoms with van der Waals surface area (Å²) in [7, 11) is 0. The second-order valence-corrected chi connectivity index (χ2v) is 5.58. The van der Waals surface area contributed by atoms with Crippen LogP contribution in [0.15, 0.2) is 77.7 Å². The first-order valence-corrected chi connectivity index (χ1v) is 8.12. The number of aromatic nitrogens is 4. The molecule has 0 aliphatic carbocycles. The van der Waals surface area contributed by atoms with E-state index in [4.69, 9.17) is 9.15 Å². The Morgan fingerprint density at radius 1 is 1.19 bits per heavy atom. The topological polar surface area (TPSA) is 97.1 Å². The molecule has 0 aliphatic rings. The van der Waals surface area contributed by atoms with Gasteiger partial charge in [0.15, 0.2) is 18.1 Å². The molecule has 0 N–H and O–H groups in total. The number of furan rings is 1. The Hall–Kier alpha value is -3.94. The Labute approximate surface area is 153 Å². The number of carbonyl (C=O) groups is 1. The second-order valence-electron chi connectivity index (χ2n) is 5.58. The normalized spacial score (nSPS) is 10.7. The van der Waals surface area contributed by atoms with Crippen LogP contribution in [0.4, 0.5) is 0 Å². The van der Waals surface area contributed by atoms with Gasteiger partial charge in [-0.05, 0) is 29.2 Å². The maximum Gasteiger partial charge on any atom is 0.357 e. The van der Waals surface area contributed by atoms with Crippen LogP contribution in [0.25, 0.3) is 17.1 Å². The number of esters is 1. The molecule has 4 aromatic rings. The van der Waals surface area contributed by atoms with Crippen molar-refractivity contribution >= 4 is 5.97 Å². The summed E-state index contributed by atoms with van der Waals surface area (Å²) < 4.78 is 12.7. The van der Waals surface area contributed by atoms with E-state index in [9.17, 15) is 10.0 Å². The highest BCUT2D eigenvalue weighted by molar-refractivity contribution is 5.89. The highest BCUT2D eigenvalue weighted by Crippen LogP contribution is 2.22. The van der Waals surface area contributed by atoms with Gasteiger partial charge in [-0.1, -0.05) is 18.2 Å². The number of hydrogen-bond acceptors (Lipinski definition) is 6. The fourth-order valence-electron chi connectivity index (χ4n) is 2.53. The Bertz CT molecular complexity index is 1060. The first kappa shape index (κ1) is 16.5. The minimum absolute atomic E-state index is 0.0860. The molecule has 3 heterocycles. The van der Waals surface area contributed by atoms with Gasteiger partial charge >= 0.3 is 11.8 Å². The molecule has 8 heteroatoms. The molecule has 0 bridgehead atoms. The predicted molar refractivity (Wildman–Crippen MR) is 93.6 cm³/mol. The van der Waals surface area contributed by atoms with Gasteiger partial charge in [-0.15, -0.1) is 0 Å². The fraction of sp³-hybridized carbons (Fsp3) is 0.0526. The van der Waals surface area contributed by atoms with E-state index >= 15 is 0 Å². The van der Waals surface area contributed by atoms with Crippen LogP contribution in [0.1, 0.15) is 16.3 Å². The van der Waals surface area contributed by atoms with Crippen molar-refractivity contribution in [2.24, 2.45) is 0 Å².